The smallest absolute Gasteiger partial charge is 0.157 e. The minimum absolute atomic E-state index is 0.0967. The first-order valence-corrected chi connectivity index (χ1v) is 9.44. The van der Waals surface area contributed by atoms with Crippen LogP contribution in [0.3, 0.4) is 0 Å². The zero-order chi connectivity index (χ0) is 19.2. The molecule has 0 spiro atoms. The lowest BCUT2D eigenvalue weighted by molar-refractivity contribution is 0.242. The SMILES string of the molecule is CC(C)Oc1ccc(C(C)NCCc2nnnn2-c2ccccc2)cc1Cl. The van der Waals surface area contributed by atoms with E-state index >= 15 is 0 Å². The molecular weight excluding hydrogens is 362 g/mol. The number of hydrogen-bond acceptors (Lipinski definition) is 5. The first kappa shape index (κ1) is 19.3. The lowest BCUT2D eigenvalue weighted by Crippen LogP contribution is -2.22. The van der Waals surface area contributed by atoms with Gasteiger partial charge in [-0.25, -0.2) is 0 Å². The van der Waals surface area contributed by atoms with Crippen molar-refractivity contribution in [2.24, 2.45) is 0 Å². The molecule has 1 heterocycles. The van der Waals surface area contributed by atoms with Crippen molar-refractivity contribution in [3.8, 4) is 11.4 Å². The van der Waals surface area contributed by atoms with Crippen LogP contribution in [-0.2, 0) is 6.42 Å². The number of tetrazole rings is 1. The molecule has 0 saturated carbocycles. The van der Waals surface area contributed by atoms with Crippen LogP contribution in [0.5, 0.6) is 5.75 Å². The van der Waals surface area contributed by atoms with Gasteiger partial charge in [0.1, 0.15) is 5.75 Å². The van der Waals surface area contributed by atoms with Gasteiger partial charge in [0.25, 0.3) is 0 Å². The molecule has 6 nitrogen and oxygen atoms in total. The van der Waals surface area contributed by atoms with Gasteiger partial charge >= 0.3 is 0 Å². The summed E-state index contributed by atoms with van der Waals surface area (Å²) in [6, 6.07) is 15.9. The Labute approximate surface area is 164 Å². The molecule has 0 amide bonds. The Balaban J connectivity index is 1.58. The Morgan fingerprint density at radius 1 is 1.11 bits per heavy atom. The molecule has 0 aliphatic carbocycles. The van der Waals surface area contributed by atoms with Crippen LogP contribution in [0.2, 0.25) is 5.02 Å². The number of rotatable bonds is 8. The summed E-state index contributed by atoms with van der Waals surface area (Å²) >= 11 is 6.34. The van der Waals surface area contributed by atoms with E-state index in [9.17, 15) is 0 Å². The van der Waals surface area contributed by atoms with Gasteiger partial charge in [0.05, 0.1) is 16.8 Å². The van der Waals surface area contributed by atoms with E-state index in [-0.39, 0.29) is 12.1 Å². The number of hydrogen-bond donors (Lipinski definition) is 1. The van der Waals surface area contributed by atoms with Crippen LogP contribution in [-0.4, -0.2) is 32.9 Å². The maximum absolute atomic E-state index is 6.34. The Kier molecular flexibility index (Phi) is 6.42. The molecule has 3 rings (SSSR count). The number of aromatic nitrogens is 4. The van der Waals surface area contributed by atoms with Crippen molar-refractivity contribution in [3.63, 3.8) is 0 Å². The molecule has 1 unspecified atom stereocenters. The molecule has 0 aliphatic rings. The minimum Gasteiger partial charge on any atom is -0.489 e. The standard InChI is InChI=1S/C20H24ClN5O/c1-14(2)27-19-10-9-16(13-18(19)21)15(3)22-12-11-20-23-24-25-26(20)17-7-5-4-6-8-17/h4-10,13-15,22H,11-12H2,1-3H3. The normalized spacial score (nSPS) is 12.3. The van der Waals surface area contributed by atoms with Crippen LogP contribution in [0.15, 0.2) is 48.5 Å². The molecule has 1 N–H and O–H groups in total. The molecule has 0 fully saturated rings. The van der Waals surface area contributed by atoms with Gasteiger partial charge in [0, 0.05) is 19.0 Å². The van der Waals surface area contributed by atoms with Gasteiger partial charge in [-0.15, -0.1) is 5.10 Å². The fourth-order valence-corrected chi connectivity index (χ4v) is 3.02. The van der Waals surface area contributed by atoms with Crippen LogP contribution in [0.4, 0.5) is 0 Å². The second-order valence-corrected chi connectivity index (χ2v) is 7.03. The monoisotopic (exact) mass is 385 g/mol. The van der Waals surface area contributed by atoms with Gasteiger partial charge in [-0.3, -0.25) is 0 Å². The number of halogens is 1. The van der Waals surface area contributed by atoms with E-state index in [1.54, 1.807) is 4.68 Å². The molecule has 1 aromatic heterocycles. The van der Waals surface area contributed by atoms with Crippen molar-refractivity contribution < 1.29 is 4.74 Å². The highest BCUT2D eigenvalue weighted by atomic mass is 35.5. The molecule has 0 aliphatic heterocycles. The third-order valence-corrected chi connectivity index (χ3v) is 4.45. The fraction of sp³-hybridized carbons (Fsp3) is 0.350. The maximum atomic E-state index is 6.34. The molecule has 7 heteroatoms. The molecule has 142 valence electrons. The topological polar surface area (TPSA) is 64.9 Å². The maximum Gasteiger partial charge on any atom is 0.157 e. The molecule has 3 aromatic rings. The Bertz CT molecular complexity index is 866. The number of nitrogens with one attached hydrogen (secondary N) is 1. The molecule has 0 radical (unpaired) electrons. The van der Waals surface area contributed by atoms with Crippen molar-refractivity contribution >= 4 is 11.6 Å². The number of nitrogens with zero attached hydrogens (tertiary/aromatic N) is 4. The van der Waals surface area contributed by atoms with Crippen molar-refractivity contribution in [3.05, 3.63) is 64.9 Å². The minimum atomic E-state index is 0.0967. The van der Waals surface area contributed by atoms with Crippen LogP contribution in [0, 0.1) is 0 Å². The summed E-state index contributed by atoms with van der Waals surface area (Å²) in [5, 5.41) is 16.1. The summed E-state index contributed by atoms with van der Waals surface area (Å²) in [6.45, 7) is 6.82. The molecule has 27 heavy (non-hydrogen) atoms. The van der Waals surface area contributed by atoms with E-state index < -0.39 is 0 Å². The highest BCUT2D eigenvalue weighted by Gasteiger charge is 2.12. The van der Waals surface area contributed by atoms with Crippen molar-refractivity contribution in [2.45, 2.75) is 39.3 Å². The van der Waals surface area contributed by atoms with Crippen LogP contribution in [0.1, 0.15) is 38.2 Å². The van der Waals surface area contributed by atoms with Crippen LogP contribution < -0.4 is 10.1 Å². The molecule has 1 atom stereocenters. The fourth-order valence-electron chi connectivity index (χ4n) is 2.79. The van der Waals surface area contributed by atoms with Gasteiger partial charge in [-0.2, -0.15) is 4.68 Å². The summed E-state index contributed by atoms with van der Waals surface area (Å²) in [5.41, 5.74) is 2.07. The molecule has 2 aromatic carbocycles. The molecular formula is C20H24ClN5O. The zero-order valence-electron chi connectivity index (χ0n) is 15.8. The van der Waals surface area contributed by atoms with E-state index in [0.717, 1.165) is 23.6 Å². The van der Waals surface area contributed by atoms with Gasteiger partial charge in [-0.05, 0) is 61.0 Å². The predicted octanol–water partition coefficient (Wildman–Crippen LogP) is 4.00. The third kappa shape index (κ3) is 5.05. The second kappa shape index (κ2) is 8.97. The van der Waals surface area contributed by atoms with E-state index in [1.807, 2.05) is 62.4 Å². The highest BCUT2D eigenvalue weighted by molar-refractivity contribution is 6.32. The van der Waals surface area contributed by atoms with Crippen molar-refractivity contribution in [2.75, 3.05) is 6.54 Å². The number of para-hydroxylation sites is 1. The average molecular weight is 386 g/mol. The van der Waals surface area contributed by atoms with Crippen LogP contribution in [0.25, 0.3) is 5.69 Å². The highest BCUT2D eigenvalue weighted by Crippen LogP contribution is 2.28. The summed E-state index contributed by atoms with van der Waals surface area (Å²) in [6.07, 6.45) is 0.814. The van der Waals surface area contributed by atoms with E-state index in [1.165, 1.54) is 0 Å². The largest absolute Gasteiger partial charge is 0.489 e. The third-order valence-electron chi connectivity index (χ3n) is 4.15. The zero-order valence-corrected chi connectivity index (χ0v) is 16.5. The molecule has 0 saturated heterocycles. The van der Waals surface area contributed by atoms with Crippen molar-refractivity contribution in [1.29, 1.82) is 0 Å². The average Bonchev–Trinajstić information content (AvgIpc) is 3.12. The summed E-state index contributed by atoms with van der Waals surface area (Å²) < 4.78 is 7.45. The van der Waals surface area contributed by atoms with E-state index in [2.05, 4.69) is 27.8 Å². The first-order valence-electron chi connectivity index (χ1n) is 9.06. The Hall–Kier alpha value is -2.44. The van der Waals surface area contributed by atoms with E-state index in [4.69, 9.17) is 16.3 Å². The van der Waals surface area contributed by atoms with Crippen LogP contribution >= 0.6 is 11.6 Å². The lowest BCUT2D eigenvalue weighted by atomic mass is 10.1. The quantitative estimate of drug-likeness (QED) is 0.635. The number of ether oxygens (including phenoxy) is 1. The van der Waals surface area contributed by atoms with Gasteiger partial charge in [0.2, 0.25) is 0 Å². The summed E-state index contributed by atoms with van der Waals surface area (Å²) in [5.74, 6) is 1.53. The number of benzene rings is 2. The Morgan fingerprint density at radius 2 is 1.89 bits per heavy atom. The summed E-state index contributed by atoms with van der Waals surface area (Å²) in [4.78, 5) is 0. The lowest BCUT2D eigenvalue weighted by Gasteiger charge is -2.17. The first-order chi connectivity index (χ1) is 13.0. The molecule has 0 bridgehead atoms. The Morgan fingerprint density at radius 3 is 2.59 bits per heavy atom. The van der Waals surface area contributed by atoms with Gasteiger partial charge < -0.3 is 10.1 Å². The van der Waals surface area contributed by atoms with Gasteiger partial charge in [-0.1, -0.05) is 35.9 Å². The van der Waals surface area contributed by atoms with E-state index in [0.29, 0.717) is 17.2 Å². The van der Waals surface area contributed by atoms with Crippen molar-refractivity contribution in [1.82, 2.24) is 25.5 Å². The second-order valence-electron chi connectivity index (χ2n) is 6.62. The van der Waals surface area contributed by atoms with Gasteiger partial charge in [0.15, 0.2) is 5.82 Å². The predicted molar refractivity (Wildman–Crippen MR) is 106 cm³/mol. The summed E-state index contributed by atoms with van der Waals surface area (Å²) in [7, 11) is 0.